The van der Waals surface area contributed by atoms with Gasteiger partial charge in [-0.05, 0) is 15.9 Å². The van der Waals surface area contributed by atoms with Gasteiger partial charge < -0.3 is 20.9 Å². The number of nitrogens with two attached hydrogens (primary N) is 1. The summed E-state index contributed by atoms with van der Waals surface area (Å²) in [6.07, 6.45) is 0.964. The van der Waals surface area contributed by atoms with Crippen LogP contribution in [0.25, 0.3) is 0 Å². The lowest BCUT2D eigenvalue weighted by Gasteiger charge is -2.12. The number of anilines is 2. The fourth-order valence-corrected chi connectivity index (χ4v) is 1.30. The van der Waals surface area contributed by atoms with E-state index in [1.165, 1.54) is 7.11 Å². The predicted molar refractivity (Wildman–Crippen MR) is 60.5 cm³/mol. The molecule has 1 aromatic rings. The smallest absolute Gasteiger partial charge is 0.221 e. The van der Waals surface area contributed by atoms with E-state index >= 15 is 0 Å². The van der Waals surface area contributed by atoms with E-state index in [0.717, 1.165) is 0 Å². The fraction of sp³-hybridized carbons (Fsp3) is 0.500. The van der Waals surface area contributed by atoms with Gasteiger partial charge in [-0.3, -0.25) is 0 Å². The van der Waals surface area contributed by atoms with Crippen LogP contribution in [0.4, 0.5) is 11.8 Å². The molecule has 0 radical (unpaired) electrons. The van der Waals surface area contributed by atoms with E-state index in [4.69, 9.17) is 10.5 Å². The Hall–Kier alpha value is -0.920. The molecule has 0 aliphatic carbocycles. The summed E-state index contributed by atoms with van der Waals surface area (Å²) in [5.74, 6) is 0.736. The molecule has 0 saturated carbocycles. The quantitative estimate of drug-likeness (QED) is 0.714. The summed E-state index contributed by atoms with van der Waals surface area (Å²) >= 11 is 3.26. The van der Waals surface area contributed by atoms with Crippen LogP contribution in [-0.4, -0.2) is 41.4 Å². The third-order valence-corrected chi connectivity index (χ3v) is 2.21. The minimum Gasteiger partial charge on any atom is -0.389 e. The standard InChI is InChI=1S/C8H13BrN4O2/c1-15-4-5(14)2-11-7-6(9)3-12-8(10)13-7/h3,5,14H,2,4H2,1H3,(H3,10,11,12,13). The minimum absolute atomic E-state index is 0.182. The zero-order valence-corrected chi connectivity index (χ0v) is 9.86. The van der Waals surface area contributed by atoms with E-state index < -0.39 is 6.10 Å². The number of rotatable bonds is 5. The van der Waals surface area contributed by atoms with Crippen molar-refractivity contribution >= 4 is 27.7 Å². The van der Waals surface area contributed by atoms with Gasteiger partial charge in [0.25, 0.3) is 0 Å². The molecule has 0 aromatic carbocycles. The van der Waals surface area contributed by atoms with Crippen molar-refractivity contribution in [2.75, 3.05) is 31.3 Å². The summed E-state index contributed by atoms with van der Waals surface area (Å²) in [5.41, 5.74) is 5.42. The van der Waals surface area contributed by atoms with Crippen molar-refractivity contribution in [3.8, 4) is 0 Å². The molecule has 0 spiro atoms. The molecule has 84 valence electrons. The molecule has 6 nitrogen and oxygen atoms in total. The summed E-state index contributed by atoms with van der Waals surface area (Å²) in [6, 6.07) is 0. The Morgan fingerprint density at radius 3 is 3.13 bits per heavy atom. The molecule has 0 aliphatic rings. The average Bonchev–Trinajstić information content (AvgIpc) is 2.20. The number of aromatic nitrogens is 2. The van der Waals surface area contributed by atoms with E-state index in [1.807, 2.05) is 0 Å². The van der Waals surface area contributed by atoms with Crippen molar-refractivity contribution in [3.05, 3.63) is 10.7 Å². The number of hydrogen-bond donors (Lipinski definition) is 3. The Morgan fingerprint density at radius 2 is 2.47 bits per heavy atom. The Balaban J connectivity index is 2.53. The Kier molecular flexibility index (Phi) is 4.73. The van der Waals surface area contributed by atoms with Crippen LogP contribution in [0.3, 0.4) is 0 Å². The highest BCUT2D eigenvalue weighted by molar-refractivity contribution is 9.10. The number of aliphatic hydroxyl groups excluding tert-OH is 1. The lowest BCUT2D eigenvalue weighted by atomic mass is 10.4. The van der Waals surface area contributed by atoms with E-state index in [0.29, 0.717) is 16.8 Å². The normalized spacial score (nSPS) is 12.5. The zero-order valence-electron chi connectivity index (χ0n) is 8.27. The molecule has 0 bridgehead atoms. The Morgan fingerprint density at radius 1 is 1.73 bits per heavy atom. The first kappa shape index (κ1) is 12.2. The highest BCUT2D eigenvalue weighted by atomic mass is 79.9. The van der Waals surface area contributed by atoms with Crippen molar-refractivity contribution in [3.63, 3.8) is 0 Å². The molecule has 0 aliphatic heterocycles. The molecule has 1 heterocycles. The van der Waals surface area contributed by atoms with Crippen LogP contribution >= 0.6 is 15.9 Å². The molecule has 1 aromatic heterocycles. The topological polar surface area (TPSA) is 93.3 Å². The van der Waals surface area contributed by atoms with Gasteiger partial charge in [-0.2, -0.15) is 4.98 Å². The molecule has 1 unspecified atom stereocenters. The molecule has 1 atom stereocenters. The summed E-state index contributed by atoms with van der Waals surface area (Å²) in [7, 11) is 1.53. The second-order valence-corrected chi connectivity index (χ2v) is 3.77. The van der Waals surface area contributed by atoms with Crippen LogP contribution in [0.5, 0.6) is 0 Å². The van der Waals surface area contributed by atoms with Crippen LogP contribution in [0.1, 0.15) is 0 Å². The zero-order chi connectivity index (χ0) is 11.3. The Labute approximate surface area is 96.0 Å². The number of halogens is 1. The average molecular weight is 277 g/mol. The Bertz CT molecular complexity index is 324. The van der Waals surface area contributed by atoms with Crippen molar-refractivity contribution in [1.82, 2.24) is 9.97 Å². The van der Waals surface area contributed by atoms with Gasteiger partial charge in [0.1, 0.15) is 5.82 Å². The largest absolute Gasteiger partial charge is 0.389 e. The maximum absolute atomic E-state index is 9.39. The first-order chi connectivity index (χ1) is 7.13. The molecular formula is C8H13BrN4O2. The number of aliphatic hydroxyl groups is 1. The monoisotopic (exact) mass is 276 g/mol. The van der Waals surface area contributed by atoms with Crippen molar-refractivity contribution in [2.45, 2.75) is 6.10 Å². The van der Waals surface area contributed by atoms with Gasteiger partial charge >= 0.3 is 0 Å². The van der Waals surface area contributed by atoms with Crippen LogP contribution in [0, 0.1) is 0 Å². The van der Waals surface area contributed by atoms with Crippen molar-refractivity contribution in [2.24, 2.45) is 0 Å². The second kappa shape index (κ2) is 5.84. The van der Waals surface area contributed by atoms with E-state index in [-0.39, 0.29) is 12.6 Å². The van der Waals surface area contributed by atoms with Crippen molar-refractivity contribution in [1.29, 1.82) is 0 Å². The number of ether oxygens (including phenoxy) is 1. The lowest BCUT2D eigenvalue weighted by molar-refractivity contribution is 0.0727. The molecule has 0 fully saturated rings. The van der Waals surface area contributed by atoms with E-state index in [2.05, 4.69) is 31.2 Å². The number of nitrogens with one attached hydrogen (secondary N) is 1. The van der Waals surface area contributed by atoms with Gasteiger partial charge in [-0.25, -0.2) is 4.98 Å². The van der Waals surface area contributed by atoms with E-state index in [1.54, 1.807) is 6.20 Å². The lowest BCUT2D eigenvalue weighted by Crippen LogP contribution is -2.24. The second-order valence-electron chi connectivity index (χ2n) is 2.91. The van der Waals surface area contributed by atoms with Gasteiger partial charge in [0, 0.05) is 19.9 Å². The maximum atomic E-state index is 9.39. The van der Waals surface area contributed by atoms with Gasteiger partial charge in [-0.15, -0.1) is 0 Å². The first-order valence-corrected chi connectivity index (χ1v) is 5.11. The molecule has 7 heteroatoms. The highest BCUT2D eigenvalue weighted by Gasteiger charge is 2.06. The maximum Gasteiger partial charge on any atom is 0.221 e. The SMILES string of the molecule is COCC(O)CNc1nc(N)ncc1Br. The van der Waals surface area contributed by atoms with Gasteiger partial charge in [0.15, 0.2) is 0 Å². The fourth-order valence-electron chi connectivity index (χ4n) is 0.971. The third kappa shape index (κ3) is 3.98. The highest BCUT2D eigenvalue weighted by Crippen LogP contribution is 2.18. The van der Waals surface area contributed by atoms with Crippen LogP contribution in [0.15, 0.2) is 10.7 Å². The predicted octanol–water partition coefficient (Wildman–Crippen LogP) is 0.240. The third-order valence-electron chi connectivity index (χ3n) is 1.63. The summed E-state index contributed by atoms with van der Waals surface area (Å²) in [6.45, 7) is 0.605. The van der Waals surface area contributed by atoms with Gasteiger partial charge in [0.05, 0.1) is 17.2 Å². The summed E-state index contributed by atoms with van der Waals surface area (Å²) in [4.78, 5) is 7.76. The van der Waals surface area contributed by atoms with Crippen molar-refractivity contribution < 1.29 is 9.84 Å². The molecule has 0 saturated heterocycles. The van der Waals surface area contributed by atoms with Crippen LogP contribution < -0.4 is 11.1 Å². The minimum atomic E-state index is -0.585. The number of nitrogen functional groups attached to an aromatic ring is 1. The van der Waals surface area contributed by atoms with Gasteiger partial charge in [0.2, 0.25) is 5.95 Å². The molecule has 0 amide bonds. The summed E-state index contributed by atoms with van der Waals surface area (Å²) < 4.78 is 5.48. The number of nitrogens with zero attached hydrogens (tertiary/aromatic N) is 2. The molecular weight excluding hydrogens is 264 g/mol. The van der Waals surface area contributed by atoms with Crippen LogP contribution in [0.2, 0.25) is 0 Å². The first-order valence-electron chi connectivity index (χ1n) is 4.32. The molecule has 4 N–H and O–H groups in total. The molecule has 15 heavy (non-hydrogen) atoms. The molecule has 1 rings (SSSR count). The number of hydrogen-bond acceptors (Lipinski definition) is 6. The summed E-state index contributed by atoms with van der Waals surface area (Å²) in [5, 5.41) is 12.3. The van der Waals surface area contributed by atoms with Gasteiger partial charge in [-0.1, -0.05) is 0 Å². The van der Waals surface area contributed by atoms with E-state index in [9.17, 15) is 5.11 Å². The van der Waals surface area contributed by atoms with Crippen LogP contribution in [-0.2, 0) is 4.74 Å². The number of methoxy groups -OCH3 is 1.